The number of aromatic nitrogens is 3. The number of amides is 1. The molecule has 68 heavy (non-hydrogen) atoms. The van der Waals surface area contributed by atoms with Crippen molar-refractivity contribution >= 4 is 47.0 Å². The molecule has 3 aliphatic heterocycles. The van der Waals surface area contributed by atoms with E-state index < -0.39 is 5.54 Å². The fourth-order valence-electron chi connectivity index (χ4n) is 9.78. The maximum Gasteiger partial charge on any atom is 0.270 e. The lowest BCUT2D eigenvalue weighted by Gasteiger charge is -2.32. The van der Waals surface area contributed by atoms with E-state index in [1.165, 1.54) is 25.5 Å². The highest BCUT2D eigenvalue weighted by Gasteiger charge is 2.58. The number of rotatable bonds is 9. The van der Waals surface area contributed by atoms with Crippen molar-refractivity contribution in [2.45, 2.75) is 111 Å². The van der Waals surface area contributed by atoms with E-state index in [-0.39, 0.29) is 29.4 Å². The van der Waals surface area contributed by atoms with Gasteiger partial charge in [0.05, 0.1) is 40.9 Å². The van der Waals surface area contributed by atoms with Crippen molar-refractivity contribution in [3.63, 3.8) is 0 Å². The first-order valence-corrected chi connectivity index (χ1v) is 23.5. The summed E-state index contributed by atoms with van der Waals surface area (Å²) < 4.78 is 24.5. The maximum absolute atomic E-state index is 15.0. The molecule has 5 aromatic rings. The summed E-state index contributed by atoms with van der Waals surface area (Å²) in [6, 6.07) is 17.7. The highest BCUT2D eigenvalue weighted by molar-refractivity contribution is 5.99. The van der Waals surface area contributed by atoms with Gasteiger partial charge in [-0.3, -0.25) is 9.69 Å². The lowest BCUT2D eigenvalue weighted by Crippen LogP contribution is -2.50. The minimum absolute atomic E-state index is 0.0670. The van der Waals surface area contributed by atoms with Crippen molar-refractivity contribution < 1.29 is 23.8 Å². The van der Waals surface area contributed by atoms with Gasteiger partial charge >= 0.3 is 0 Å². The van der Waals surface area contributed by atoms with E-state index in [0.29, 0.717) is 42.2 Å². The van der Waals surface area contributed by atoms with Crippen LogP contribution in [0.25, 0.3) is 16.6 Å². The third kappa shape index (κ3) is 9.89. The van der Waals surface area contributed by atoms with Crippen LogP contribution in [0, 0.1) is 37.9 Å². The lowest BCUT2D eigenvalue weighted by atomic mass is 9.99. The van der Waals surface area contributed by atoms with Gasteiger partial charge in [-0.1, -0.05) is 45.5 Å². The number of hydrogen-bond acceptors (Lipinski definition) is 11. The Hall–Kier alpha value is -6.13. The molecule has 1 aliphatic carbocycles. The zero-order valence-electron chi connectivity index (χ0n) is 42.0. The standard InChI is InChI=1S/C42H47FN10O.C7H14O.C2H6.CH4O.CH2O/c1-24-18-30(19-25(2)38(24)43)53-39(51-17-16-50(28(51)5)35-13-12-33(46-6)31(22-44)27(35)4)32-23-49(15-14-34(32)48-53)40(54)37-20-29-10-8-9-11-36(29)52(37)42(21-26(42)3)41(45)47-7;1-7(2)5-3-4-6-8-7;3*1-2/h8-13,16-20,22,26,41,44,46-47H,5,14-15,21,23,45H2,1-4,6-7H3;3-6H2,1-2H3;1-2H3;2H,1H3;1H2/t26?,41?,42-;;;;/m0..../s1. The molecule has 14 nitrogen and oxygen atoms in total. The third-order valence-electron chi connectivity index (χ3n) is 13.5. The molecule has 2 fully saturated rings. The average Bonchev–Trinajstić information content (AvgIpc) is 3.61. The smallest absolute Gasteiger partial charge is 0.270 e. The van der Waals surface area contributed by atoms with Crippen LogP contribution >= 0.6 is 0 Å². The van der Waals surface area contributed by atoms with E-state index >= 15 is 0 Å². The summed E-state index contributed by atoms with van der Waals surface area (Å²) in [4.78, 5) is 28.8. The monoisotopic (exact) mass is 933 g/mol. The molecule has 6 N–H and O–H groups in total. The number of nitrogens with one attached hydrogen (secondary N) is 3. The van der Waals surface area contributed by atoms with Crippen LogP contribution in [0.15, 0.2) is 79.4 Å². The molecule has 2 unspecified atom stereocenters. The molecule has 4 aliphatic rings. The average molecular weight is 933 g/mol. The van der Waals surface area contributed by atoms with E-state index in [4.69, 9.17) is 30.9 Å². The van der Waals surface area contributed by atoms with E-state index in [0.717, 1.165) is 76.3 Å². The Morgan fingerprint density at radius 1 is 1.03 bits per heavy atom. The second-order valence-corrected chi connectivity index (χ2v) is 17.9. The predicted molar refractivity (Wildman–Crippen MR) is 275 cm³/mol. The molecule has 366 valence electrons. The number of aryl methyl sites for hydroxylation is 2. The van der Waals surface area contributed by atoms with Crippen LogP contribution in [0.5, 0.6) is 0 Å². The Kier molecular flexibility index (Phi) is 17.3. The summed E-state index contributed by atoms with van der Waals surface area (Å²) in [7, 11) is 4.71. The summed E-state index contributed by atoms with van der Waals surface area (Å²) in [5.41, 5.74) is 15.1. The highest BCUT2D eigenvalue weighted by Crippen LogP contribution is 2.54. The van der Waals surface area contributed by atoms with Gasteiger partial charge < -0.3 is 50.8 Å². The summed E-state index contributed by atoms with van der Waals surface area (Å²) in [5.74, 6) is 1.36. The van der Waals surface area contributed by atoms with Gasteiger partial charge in [-0.05, 0) is 126 Å². The van der Waals surface area contributed by atoms with Gasteiger partial charge in [0.2, 0.25) is 0 Å². The lowest BCUT2D eigenvalue weighted by molar-refractivity contribution is -0.0980. The first kappa shape index (κ1) is 52.8. The molecular weight excluding hydrogens is 860 g/mol. The van der Waals surface area contributed by atoms with Gasteiger partial charge in [-0.15, -0.1) is 0 Å². The normalized spacial score (nSPS) is 19.2. The number of aliphatic hydroxyl groups is 1. The number of carbonyl (C=O) groups is 2. The third-order valence-corrected chi connectivity index (χ3v) is 13.5. The van der Waals surface area contributed by atoms with Crippen molar-refractivity contribution in [2.75, 3.05) is 49.5 Å². The van der Waals surface area contributed by atoms with Crippen molar-refractivity contribution in [1.29, 1.82) is 5.41 Å². The Labute approximate surface area is 402 Å². The number of hydrogen-bond donors (Lipinski definition) is 5. The number of nitrogens with zero attached hydrogens (tertiary/aromatic N) is 6. The number of nitrogens with two attached hydrogens (primary N) is 1. The minimum atomic E-state index is -0.430. The number of fused-ring (bicyclic) bond motifs is 2. The van der Waals surface area contributed by atoms with Crippen LogP contribution < -0.4 is 26.2 Å². The predicted octanol–water partition coefficient (Wildman–Crippen LogP) is 9.05. The van der Waals surface area contributed by atoms with E-state index in [1.54, 1.807) is 13.8 Å². The van der Waals surface area contributed by atoms with E-state index in [9.17, 15) is 9.18 Å². The molecule has 3 atom stereocenters. The Bertz CT molecular complexity index is 2600. The molecule has 0 bridgehead atoms. The number of carbonyl (C=O) groups excluding carboxylic acids is 2. The fraction of sp³-hybridized carbons (Fsp3) is 0.434. The number of ether oxygens (including phenoxy) is 1. The van der Waals surface area contributed by atoms with Crippen LogP contribution in [-0.2, 0) is 28.0 Å². The first-order chi connectivity index (χ1) is 32.6. The number of benzene rings is 3. The number of anilines is 3. The zero-order chi connectivity index (χ0) is 50.2. The van der Waals surface area contributed by atoms with Crippen LogP contribution in [0.4, 0.5) is 21.6 Å². The SMILES string of the molecule is C=C1N(c2ccc(NC)c(C=N)c2C)C=CN1c1c2c(nn1-c1cc(C)c(F)c(C)c1)CCN(C(=O)c1cc3ccccc3n1[C@@]1(C(N)NC)CC1C)C2.C=O.CC.CC1(C)CCCCO1.CO. The minimum Gasteiger partial charge on any atom is -0.400 e. The Morgan fingerprint density at radius 3 is 2.24 bits per heavy atom. The van der Waals surface area contributed by atoms with Gasteiger partial charge in [0.1, 0.15) is 29.9 Å². The molecule has 3 aromatic carbocycles. The summed E-state index contributed by atoms with van der Waals surface area (Å²) >= 11 is 0. The van der Waals surface area contributed by atoms with Crippen LogP contribution in [0.1, 0.15) is 104 Å². The van der Waals surface area contributed by atoms with E-state index in [2.05, 4.69) is 48.6 Å². The molecule has 5 heterocycles. The van der Waals surface area contributed by atoms with Crippen LogP contribution in [-0.4, -0.2) is 89.4 Å². The fourth-order valence-corrected chi connectivity index (χ4v) is 9.78. The van der Waals surface area contributed by atoms with Crippen molar-refractivity contribution in [3.8, 4) is 5.69 Å². The summed E-state index contributed by atoms with van der Waals surface area (Å²) in [6.45, 7) is 24.3. The second-order valence-electron chi connectivity index (χ2n) is 17.9. The quantitative estimate of drug-likeness (QED) is 0.0710. The summed E-state index contributed by atoms with van der Waals surface area (Å²) in [5, 5.41) is 27.7. The van der Waals surface area contributed by atoms with Gasteiger partial charge in [0.15, 0.2) is 0 Å². The van der Waals surface area contributed by atoms with Crippen molar-refractivity contribution in [1.82, 2.24) is 24.6 Å². The molecule has 2 aromatic heterocycles. The molecule has 1 saturated heterocycles. The van der Waals surface area contributed by atoms with Crippen molar-refractivity contribution in [3.05, 3.63) is 124 Å². The number of likely N-dealkylation sites (N-methyl/N-ethyl adjacent to an activating group) is 1. The van der Waals surface area contributed by atoms with Gasteiger partial charge in [-0.2, -0.15) is 5.10 Å². The van der Waals surface area contributed by atoms with Gasteiger partial charge in [0.25, 0.3) is 5.91 Å². The summed E-state index contributed by atoms with van der Waals surface area (Å²) in [6.07, 6.45) is 10.2. The van der Waals surface area contributed by atoms with Gasteiger partial charge in [0, 0.05) is 80.1 Å². The molecule has 9 rings (SSSR count). The number of para-hydroxylation sites is 1. The highest BCUT2D eigenvalue weighted by atomic mass is 19.1. The largest absolute Gasteiger partial charge is 0.400 e. The van der Waals surface area contributed by atoms with Crippen LogP contribution in [0.2, 0.25) is 0 Å². The van der Waals surface area contributed by atoms with Crippen LogP contribution in [0.3, 0.4) is 0 Å². The van der Waals surface area contributed by atoms with Gasteiger partial charge in [-0.25, -0.2) is 9.07 Å². The molecule has 1 amide bonds. The first-order valence-electron chi connectivity index (χ1n) is 23.5. The molecular formula is C53H73FN10O4. The van der Waals surface area contributed by atoms with E-state index in [1.807, 2.05) is 122 Å². The molecule has 1 saturated carbocycles. The Balaban J connectivity index is 0.000000544. The number of aliphatic hydroxyl groups excluding tert-OH is 1. The topological polar surface area (TPSA) is 170 Å². The zero-order valence-corrected chi connectivity index (χ0v) is 42.0. The molecule has 0 spiro atoms. The molecule has 0 radical (unpaired) electrons. The second kappa shape index (κ2) is 22.3. The van der Waals surface area contributed by atoms with Crippen molar-refractivity contribution in [2.24, 2.45) is 11.7 Å². The Morgan fingerprint density at radius 2 is 1.68 bits per heavy atom. The molecule has 15 heteroatoms. The maximum atomic E-state index is 15.0. The number of halogens is 1.